The van der Waals surface area contributed by atoms with E-state index in [4.69, 9.17) is 14.2 Å². The number of para-hydroxylation sites is 2. The van der Waals surface area contributed by atoms with Crippen LogP contribution in [0.3, 0.4) is 0 Å². The van der Waals surface area contributed by atoms with Crippen LogP contribution >= 0.6 is 0 Å². The maximum Gasteiger partial charge on any atom is 0.169 e. The minimum atomic E-state index is 0.639. The van der Waals surface area contributed by atoms with Crippen molar-refractivity contribution in [3.8, 4) is 28.7 Å². The second kappa shape index (κ2) is 6.22. The Bertz CT molecular complexity index is 751. The fourth-order valence-electron chi connectivity index (χ4n) is 2.07. The molecule has 1 heterocycles. The first-order valence-electron chi connectivity index (χ1n) is 6.80. The second-order valence-corrected chi connectivity index (χ2v) is 4.57. The first-order chi connectivity index (χ1) is 10.8. The van der Waals surface area contributed by atoms with E-state index in [2.05, 4.69) is 5.10 Å². The summed E-state index contributed by atoms with van der Waals surface area (Å²) in [5.41, 5.74) is 0.927. The van der Waals surface area contributed by atoms with E-state index in [9.17, 15) is 0 Å². The lowest BCUT2D eigenvalue weighted by Gasteiger charge is -2.07. The van der Waals surface area contributed by atoms with Crippen molar-refractivity contribution in [3.63, 3.8) is 0 Å². The smallest absolute Gasteiger partial charge is 0.169 e. The van der Waals surface area contributed by atoms with Gasteiger partial charge in [-0.3, -0.25) is 0 Å². The van der Waals surface area contributed by atoms with Crippen molar-refractivity contribution < 1.29 is 14.2 Å². The van der Waals surface area contributed by atoms with E-state index in [1.807, 2.05) is 54.7 Å². The van der Waals surface area contributed by atoms with E-state index in [0.717, 1.165) is 11.4 Å². The third kappa shape index (κ3) is 2.88. The van der Waals surface area contributed by atoms with Crippen molar-refractivity contribution in [2.24, 2.45) is 0 Å². The lowest BCUT2D eigenvalue weighted by molar-refractivity contribution is 0.379. The zero-order chi connectivity index (χ0) is 15.4. The molecule has 0 radical (unpaired) electrons. The Hall–Kier alpha value is -2.95. The molecule has 22 heavy (non-hydrogen) atoms. The molecule has 0 aliphatic heterocycles. The van der Waals surface area contributed by atoms with Crippen molar-refractivity contribution in [1.29, 1.82) is 0 Å². The fraction of sp³-hybridized carbons (Fsp3) is 0.118. The molecule has 0 saturated carbocycles. The summed E-state index contributed by atoms with van der Waals surface area (Å²) >= 11 is 0. The zero-order valence-electron chi connectivity index (χ0n) is 12.4. The van der Waals surface area contributed by atoms with Gasteiger partial charge in [0, 0.05) is 0 Å². The predicted molar refractivity (Wildman–Crippen MR) is 83.2 cm³/mol. The van der Waals surface area contributed by atoms with E-state index >= 15 is 0 Å². The van der Waals surface area contributed by atoms with E-state index in [0.29, 0.717) is 17.2 Å². The van der Waals surface area contributed by atoms with Gasteiger partial charge in [-0.15, -0.1) is 0 Å². The summed E-state index contributed by atoms with van der Waals surface area (Å²) in [6.45, 7) is 0. The molecular weight excluding hydrogens is 280 g/mol. The van der Waals surface area contributed by atoms with Gasteiger partial charge in [-0.25, -0.2) is 4.68 Å². The van der Waals surface area contributed by atoms with E-state index in [1.54, 1.807) is 25.1 Å². The molecule has 0 atom stereocenters. The van der Waals surface area contributed by atoms with Gasteiger partial charge in [0.15, 0.2) is 17.2 Å². The van der Waals surface area contributed by atoms with Crippen molar-refractivity contribution in [2.45, 2.75) is 0 Å². The minimum absolute atomic E-state index is 0.639. The average Bonchev–Trinajstić information content (AvgIpc) is 3.04. The molecule has 0 amide bonds. The summed E-state index contributed by atoms with van der Waals surface area (Å²) in [6.07, 6.45) is 3.48. The molecule has 0 N–H and O–H groups in total. The molecule has 0 fully saturated rings. The summed E-state index contributed by atoms with van der Waals surface area (Å²) in [4.78, 5) is 0. The van der Waals surface area contributed by atoms with Crippen molar-refractivity contribution in [2.75, 3.05) is 14.2 Å². The predicted octanol–water partition coefficient (Wildman–Crippen LogP) is 3.68. The van der Waals surface area contributed by atoms with Crippen LogP contribution in [0.2, 0.25) is 0 Å². The highest BCUT2D eigenvalue weighted by atomic mass is 16.5. The van der Waals surface area contributed by atoms with Crippen LogP contribution in [0.25, 0.3) is 5.69 Å². The van der Waals surface area contributed by atoms with E-state index in [1.165, 1.54) is 0 Å². The number of hydrogen-bond acceptors (Lipinski definition) is 4. The Labute approximate surface area is 128 Å². The topological polar surface area (TPSA) is 45.5 Å². The average molecular weight is 296 g/mol. The third-order valence-electron chi connectivity index (χ3n) is 3.19. The summed E-state index contributed by atoms with van der Waals surface area (Å²) in [7, 11) is 3.26. The standard InChI is InChI=1S/C17H16N2O3/c1-20-14-9-7-13(8-10-14)19-12-15(11-18-19)22-17-6-4-3-5-16(17)21-2/h3-12H,1-2H3. The highest BCUT2D eigenvalue weighted by Crippen LogP contribution is 2.30. The van der Waals surface area contributed by atoms with Crippen LogP contribution in [-0.2, 0) is 0 Å². The molecule has 5 nitrogen and oxygen atoms in total. The lowest BCUT2D eigenvalue weighted by Crippen LogP contribution is -1.94. The summed E-state index contributed by atoms with van der Waals surface area (Å²) in [5.74, 6) is 2.78. The summed E-state index contributed by atoms with van der Waals surface area (Å²) in [6, 6.07) is 15.1. The molecular formula is C17H16N2O3. The molecule has 1 aromatic heterocycles. The van der Waals surface area contributed by atoms with Crippen LogP contribution in [-0.4, -0.2) is 24.0 Å². The first kappa shape index (κ1) is 14.0. The number of aromatic nitrogens is 2. The van der Waals surface area contributed by atoms with Crippen LogP contribution in [0.1, 0.15) is 0 Å². The van der Waals surface area contributed by atoms with E-state index in [-0.39, 0.29) is 0 Å². The lowest BCUT2D eigenvalue weighted by atomic mass is 10.3. The number of methoxy groups -OCH3 is 2. The number of hydrogen-bond donors (Lipinski definition) is 0. The van der Waals surface area contributed by atoms with Gasteiger partial charge >= 0.3 is 0 Å². The number of rotatable bonds is 5. The van der Waals surface area contributed by atoms with Gasteiger partial charge in [-0.05, 0) is 36.4 Å². The SMILES string of the molecule is COc1ccc(-n2cc(Oc3ccccc3OC)cn2)cc1. The Balaban J connectivity index is 1.81. The van der Waals surface area contributed by atoms with Crippen LogP contribution in [0.15, 0.2) is 60.9 Å². The largest absolute Gasteiger partial charge is 0.497 e. The highest BCUT2D eigenvalue weighted by molar-refractivity contribution is 5.43. The fourth-order valence-corrected chi connectivity index (χ4v) is 2.07. The molecule has 3 rings (SSSR count). The van der Waals surface area contributed by atoms with Gasteiger partial charge < -0.3 is 14.2 Å². The van der Waals surface area contributed by atoms with Crippen LogP contribution in [0, 0.1) is 0 Å². The monoisotopic (exact) mass is 296 g/mol. The molecule has 112 valence electrons. The number of ether oxygens (including phenoxy) is 3. The molecule has 5 heteroatoms. The Kier molecular flexibility index (Phi) is 3.96. The Morgan fingerprint density at radius 2 is 1.55 bits per heavy atom. The Morgan fingerprint density at radius 3 is 2.23 bits per heavy atom. The van der Waals surface area contributed by atoms with Crippen molar-refractivity contribution >= 4 is 0 Å². The van der Waals surface area contributed by atoms with Gasteiger partial charge in [0.1, 0.15) is 5.75 Å². The highest BCUT2D eigenvalue weighted by Gasteiger charge is 2.07. The van der Waals surface area contributed by atoms with Crippen LogP contribution in [0.5, 0.6) is 23.0 Å². The summed E-state index contributed by atoms with van der Waals surface area (Å²) in [5, 5.41) is 4.30. The molecule has 0 saturated heterocycles. The van der Waals surface area contributed by atoms with Gasteiger partial charge in [0.05, 0.1) is 32.3 Å². The van der Waals surface area contributed by atoms with Crippen molar-refractivity contribution in [1.82, 2.24) is 9.78 Å². The zero-order valence-corrected chi connectivity index (χ0v) is 12.4. The molecule has 0 spiro atoms. The molecule has 3 aromatic rings. The molecule has 0 aliphatic carbocycles. The summed E-state index contributed by atoms with van der Waals surface area (Å²) < 4.78 is 18.0. The quantitative estimate of drug-likeness (QED) is 0.720. The maximum absolute atomic E-state index is 5.81. The Morgan fingerprint density at radius 1 is 0.818 bits per heavy atom. The van der Waals surface area contributed by atoms with Gasteiger partial charge in [0.2, 0.25) is 0 Å². The number of nitrogens with zero attached hydrogens (tertiary/aromatic N) is 2. The minimum Gasteiger partial charge on any atom is -0.497 e. The third-order valence-corrected chi connectivity index (χ3v) is 3.19. The van der Waals surface area contributed by atoms with Crippen molar-refractivity contribution in [3.05, 3.63) is 60.9 Å². The molecule has 0 aliphatic rings. The number of benzene rings is 2. The van der Waals surface area contributed by atoms with Gasteiger partial charge in [-0.1, -0.05) is 12.1 Å². The van der Waals surface area contributed by atoms with Gasteiger partial charge in [-0.2, -0.15) is 5.10 Å². The van der Waals surface area contributed by atoms with Crippen LogP contribution in [0.4, 0.5) is 0 Å². The molecule has 0 bridgehead atoms. The first-order valence-corrected chi connectivity index (χ1v) is 6.80. The van der Waals surface area contributed by atoms with Gasteiger partial charge in [0.25, 0.3) is 0 Å². The van der Waals surface area contributed by atoms with E-state index < -0.39 is 0 Å². The van der Waals surface area contributed by atoms with Crippen LogP contribution < -0.4 is 14.2 Å². The maximum atomic E-state index is 5.81. The second-order valence-electron chi connectivity index (χ2n) is 4.57. The normalized spacial score (nSPS) is 10.3. The molecule has 2 aromatic carbocycles. The molecule has 0 unspecified atom stereocenters.